The summed E-state index contributed by atoms with van der Waals surface area (Å²) in [5, 5.41) is 0. The van der Waals surface area contributed by atoms with Crippen LogP contribution in [0.4, 0.5) is 5.69 Å². The number of benzene rings is 2. The molecular weight excluding hydrogens is 266 g/mol. The van der Waals surface area contributed by atoms with E-state index in [1.807, 2.05) is 30.3 Å². The molecule has 0 aromatic heterocycles. The zero-order chi connectivity index (χ0) is 14.7. The van der Waals surface area contributed by atoms with Crippen LogP contribution in [0.3, 0.4) is 0 Å². The number of hydrogen-bond donors (Lipinski definition) is 1. The van der Waals surface area contributed by atoms with Gasteiger partial charge in [0, 0.05) is 17.5 Å². The van der Waals surface area contributed by atoms with Gasteiger partial charge in [-0.25, -0.2) is 0 Å². The Morgan fingerprint density at radius 1 is 1.24 bits per heavy atom. The van der Waals surface area contributed by atoms with Crippen molar-refractivity contribution in [1.29, 1.82) is 0 Å². The third-order valence-corrected chi connectivity index (χ3v) is 3.74. The molecule has 1 atom stereocenters. The largest absolute Gasteiger partial charge is 0.497 e. The van der Waals surface area contributed by atoms with Gasteiger partial charge in [0.1, 0.15) is 17.2 Å². The summed E-state index contributed by atoms with van der Waals surface area (Å²) in [6.45, 7) is 1.32. The summed E-state index contributed by atoms with van der Waals surface area (Å²) < 4.78 is 16.7. The molecule has 2 N–H and O–H groups in total. The van der Waals surface area contributed by atoms with Gasteiger partial charge in [-0.05, 0) is 24.6 Å². The molecule has 0 saturated heterocycles. The van der Waals surface area contributed by atoms with E-state index in [2.05, 4.69) is 6.07 Å². The van der Waals surface area contributed by atoms with Crippen molar-refractivity contribution >= 4 is 5.69 Å². The Kier molecular flexibility index (Phi) is 3.86. The number of rotatable bonds is 4. The number of nitrogen functional groups attached to an aromatic ring is 1. The number of ether oxygens (including phenoxy) is 3. The summed E-state index contributed by atoms with van der Waals surface area (Å²) in [5.41, 5.74) is 7.77. The second kappa shape index (κ2) is 5.95. The molecule has 1 heterocycles. The molecule has 0 saturated carbocycles. The first-order valence-corrected chi connectivity index (χ1v) is 7.06. The highest BCUT2D eigenvalue weighted by atomic mass is 16.5. The maximum atomic E-state index is 5.98. The second-order valence-corrected chi connectivity index (χ2v) is 5.09. The van der Waals surface area contributed by atoms with Gasteiger partial charge < -0.3 is 19.9 Å². The van der Waals surface area contributed by atoms with E-state index in [4.69, 9.17) is 19.9 Å². The lowest BCUT2D eigenvalue weighted by molar-refractivity contribution is 0.218. The van der Waals surface area contributed by atoms with E-state index >= 15 is 0 Å². The van der Waals surface area contributed by atoms with Gasteiger partial charge in [-0.15, -0.1) is 0 Å². The lowest BCUT2D eigenvalue weighted by Gasteiger charge is -2.26. The molecule has 21 heavy (non-hydrogen) atoms. The van der Waals surface area contributed by atoms with E-state index < -0.39 is 0 Å². The van der Waals surface area contributed by atoms with Crippen molar-refractivity contribution in [3.8, 4) is 17.2 Å². The molecule has 1 aliphatic rings. The van der Waals surface area contributed by atoms with Gasteiger partial charge >= 0.3 is 0 Å². The third-order valence-electron chi connectivity index (χ3n) is 3.74. The Hall–Kier alpha value is -2.36. The van der Waals surface area contributed by atoms with Gasteiger partial charge in [0.05, 0.1) is 26.0 Å². The van der Waals surface area contributed by atoms with E-state index in [1.54, 1.807) is 13.2 Å². The van der Waals surface area contributed by atoms with Gasteiger partial charge in [-0.2, -0.15) is 0 Å². The fourth-order valence-corrected chi connectivity index (χ4v) is 2.56. The molecule has 110 valence electrons. The van der Waals surface area contributed by atoms with Crippen LogP contribution < -0.4 is 19.9 Å². The zero-order valence-electron chi connectivity index (χ0n) is 12.0. The molecule has 2 aromatic carbocycles. The zero-order valence-corrected chi connectivity index (χ0v) is 12.0. The van der Waals surface area contributed by atoms with Crippen LogP contribution in [0.5, 0.6) is 17.2 Å². The van der Waals surface area contributed by atoms with Crippen LogP contribution in [0.1, 0.15) is 17.9 Å². The lowest BCUT2D eigenvalue weighted by atomic mass is 9.94. The maximum absolute atomic E-state index is 5.98. The fraction of sp³-hybridized carbons (Fsp3) is 0.294. The van der Waals surface area contributed by atoms with E-state index in [9.17, 15) is 0 Å². The molecule has 1 aliphatic heterocycles. The highest BCUT2D eigenvalue weighted by molar-refractivity contribution is 5.56. The average Bonchev–Trinajstić information content (AvgIpc) is 2.53. The minimum absolute atomic E-state index is 0.330. The van der Waals surface area contributed by atoms with Crippen molar-refractivity contribution in [1.82, 2.24) is 0 Å². The second-order valence-electron chi connectivity index (χ2n) is 5.09. The first kappa shape index (κ1) is 13.6. The van der Waals surface area contributed by atoms with Gasteiger partial charge in [-0.1, -0.05) is 18.2 Å². The topological polar surface area (TPSA) is 53.7 Å². The molecule has 4 nitrogen and oxygen atoms in total. The van der Waals surface area contributed by atoms with Gasteiger partial charge in [0.15, 0.2) is 0 Å². The fourth-order valence-electron chi connectivity index (χ4n) is 2.56. The average molecular weight is 285 g/mol. The molecule has 1 unspecified atom stereocenters. The highest BCUT2D eigenvalue weighted by Crippen LogP contribution is 2.34. The van der Waals surface area contributed by atoms with Crippen LogP contribution in [0.2, 0.25) is 0 Å². The summed E-state index contributed by atoms with van der Waals surface area (Å²) in [7, 11) is 1.62. The predicted octanol–water partition coefficient (Wildman–Crippen LogP) is 3.22. The number of anilines is 1. The van der Waals surface area contributed by atoms with Gasteiger partial charge in [-0.3, -0.25) is 0 Å². The van der Waals surface area contributed by atoms with Crippen LogP contribution in [0.25, 0.3) is 0 Å². The molecule has 0 bridgehead atoms. The summed E-state index contributed by atoms with van der Waals surface area (Å²) in [6, 6.07) is 13.6. The standard InChI is InChI=1S/C17H19NO3/c1-19-13-6-7-17(15(18)10-13)21-11-12-8-9-20-16-5-3-2-4-14(12)16/h2-7,10,12H,8-9,11,18H2,1H3. The van der Waals surface area contributed by atoms with Crippen molar-refractivity contribution in [2.45, 2.75) is 12.3 Å². The number of nitrogens with two attached hydrogens (primary N) is 1. The summed E-state index contributed by atoms with van der Waals surface area (Å²) in [4.78, 5) is 0. The normalized spacial score (nSPS) is 16.7. The highest BCUT2D eigenvalue weighted by Gasteiger charge is 2.21. The lowest BCUT2D eigenvalue weighted by Crippen LogP contribution is -2.19. The molecule has 4 heteroatoms. The van der Waals surface area contributed by atoms with Gasteiger partial charge in [0.25, 0.3) is 0 Å². The summed E-state index contributed by atoms with van der Waals surface area (Å²) >= 11 is 0. The summed E-state index contributed by atoms with van der Waals surface area (Å²) in [5.74, 6) is 2.72. The quantitative estimate of drug-likeness (QED) is 0.876. The minimum atomic E-state index is 0.330. The third kappa shape index (κ3) is 2.89. The monoisotopic (exact) mass is 285 g/mol. The smallest absolute Gasteiger partial charge is 0.142 e. The van der Waals surface area contributed by atoms with Crippen LogP contribution in [-0.2, 0) is 0 Å². The Morgan fingerprint density at radius 3 is 2.90 bits per heavy atom. The maximum Gasteiger partial charge on any atom is 0.142 e. The Labute approximate surface area is 124 Å². The van der Waals surface area contributed by atoms with E-state index in [-0.39, 0.29) is 0 Å². The molecule has 0 amide bonds. The van der Waals surface area contributed by atoms with Crippen molar-refractivity contribution in [3.05, 3.63) is 48.0 Å². The molecule has 3 rings (SSSR count). The number of fused-ring (bicyclic) bond motifs is 1. The molecule has 0 spiro atoms. The molecule has 0 fully saturated rings. The number of para-hydroxylation sites is 1. The van der Waals surface area contributed by atoms with Crippen LogP contribution in [0.15, 0.2) is 42.5 Å². The van der Waals surface area contributed by atoms with E-state index in [0.717, 1.165) is 24.5 Å². The first-order valence-electron chi connectivity index (χ1n) is 7.06. The summed E-state index contributed by atoms with van der Waals surface area (Å²) in [6.07, 6.45) is 0.951. The van der Waals surface area contributed by atoms with E-state index in [0.29, 0.717) is 24.0 Å². The molecular formula is C17H19NO3. The van der Waals surface area contributed by atoms with Crippen LogP contribution >= 0.6 is 0 Å². The molecule has 0 radical (unpaired) electrons. The minimum Gasteiger partial charge on any atom is -0.497 e. The van der Waals surface area contributed by atoms with Crippen LogP contribution in [-0.4, -0.2) is 20.3 Å². The van der Waals surface area contributed by atoms with Crippen molar-refractivity contribution in [3.63, 3.8) is 0 Å². The first-order chi connectivity index (χ1) is 10.3. The van der Waals surface area contributed by atoms with E-state index in [1.165, 1.54) is 5.56 Å². The number of methoxy groups -OCH3 is 1. The van der Waals surface area contributed by atoms with Crippen molar-refractivity contribution in [2.75, 3.05) is 26.1 Å². The Bertz CT molecular complexity index is 627. The molecule has 0 aliphatic carbocycles. The Morgan fingerprint density at radius 2 is 2.10 bits per heavy atom. The predicted molar refractivity (Wildman–Crippen MR) is 82.2 cm³/mol. The molecule has 2 aromatic rings. The van der Waals surface area contributed by atoms with Gasteiger partial charge in [0.2, 0.25) is 0 Å². The SMILES string of the molecule is COc1ccc(OCC2CCOc3ccccc32)c(N)c1. The van der Waals surface area contributed by atoms with Crippen LogP contribution in [0, 0.1) is 0 Å². The van der Waals surface area contributed by atoms with Crippen molar-refractivity contribution < 1.29 is 14.2 Å². The van der Waals surface area contributed by atoms with Crippen molar-refractivity contribution in [2.24, 2.45) is 0 Å². The number of hydrogen-bond acceptors (Lipinski definition) is 4. The Balaban J connectivity index is 1.71.